The van der Waals surface area contributed by atoms with Gasteiger partial charge >= 0.3 is 0 Å². The number of hydrogen-bond donors (Lipinski definition) is 0. The molecular formula is C14H18ClN. The molecule has 0 aromatic carbocycles. The predicted octanol–water partition coefficient (Wildman–Crippen LogP) is 3.91. The van der Waals surface area contributed by atoms with Gasteiger partial charge in [-0.25, -0.2) is 0 Å². The summed E-state index contributed by atoms with van der Waals surface area (Å²) in [5.41, 5.74) is 3.22. The zero-order valence-corrected chi connectivity index (χ0v) is 10.5. The Hall–Kier alpha value is -0.560. The molecule has 1 saturated carbocycles. The van der Waals surface area contributed by atoms with Crippen LogP contribution in [0.2, 0.25) is 0 Å². The number of rotatable bonds is 1. The van der Waals surface area contributed by atoms with Crippen LogP contribution < -0.4 is 0 Å². The molecule has 86 valence electrons. The van der Waals surface area contributed by atoms with Gasteiger partial charge in [0.1, 0.15) is 0 Å². The van der Waals surface area contributed by atoms with Gasteiger partial charge in [-0.2, -0.15) is 0 Å². The van der Waals surface area contributed by atoms with Crippen molar-refractivity contribution >= 4 is 11.6 Å². The number of halogens is 1. The minimum atomic E-state index is 0.387. The fraction of sp³-hybridized carbons (Fsp3) is 0.643. The predicted molar refractivity (Wildman–Crippen MR) is 66.9 cm³/mol. The third kappa shape index (κ3) is 1.57. The van der Waals surface area contributed by atoms with E-state index < -0.39 is 0 Å². The highest BCUT2D eigenvalue weighted by atomic mass is 35.5. The highest BCUT2D eigenvalue weighted by molar-refractivity contribution is 6.20. The lowest BCUT2D eigenvalue weighted by atomic mass is 9.74. The minimum Gasteiger partial charge on any atom is -0.261 e. The molecule has 3 atom stereocenters. The topological polar surface area (TPSA) is 12.9 Å². The molecular weight excluding hydrogens is 218 g/mol. The molecule has 1 fully saturated rings. The molecule has 1 heterocycles. The number of hydrogen-bond acceptors (Lipinski definition) is 1. The van der Waals surface area contributed by atoms with Gasteiger partial charge < -0.3 is 0 Å². The van der Waals surface area contributed by atoms with E-state index in [1.165, 1.54) is 36.9 Å². The first-order chi connectivity index (χ1) is 7.69. The molecule has 0 N–H and O–H groups in total. The Morgan fingerprint density at radius 2 is 2.31 bits per heavy atom. The van der Waals surface area contributed by atoms with E-state index in [4.69, 9.17) is 11.6 Å². The fourth-order valence-corrected chi connectivity index (χ4v) is 4.07. The number of pyridine rings is 1. The zero-order chi connectivity index (χ0) is 11.2. The van der Waals surface area contributed by atoms with E-state index >= 15 is 0 Å². The maximum absolute atomic E-state index is 6.28. The van der Waals surface area contributed by atoms with Gasteiger partial charge in [0.25, 0.3) is 0 Å². The lowest BCUT2D eigenvalue weighted by Crippen LogP contribution is -2.22. The van der Waals surface area contributed by atoms with Crippen LogP contribution in [0, 0.1) is 5.41 Å². The molecule has 1 aromatic rings. The molecule has 0 aliphatic heterocycles. The minimum absolute atomic E-state index is 0.387. The van der Waals surface area contributed by atoms with Crippen LogP contribution in [0.4, 0.5) is 0 Å². The molecule has 16 heavy (non-hydrogen) atoms. The lowest BCUT2D eigenvalue weighted by Gasteiger charge is -2.31. The molecule has 2 aliphatic carbocycles. The Morgan fingerprint density at radius 3 is 3.06 bits per heavy atom. The molecule has 1 aromatic heterocycles. The van der Waals surface area contributed by atoms with E-state index in [0.29, 0.717) is 16.7 Å². The average molecular weight is 236 g/mol. The van der Waals surface area contributed by atoms with Crippen molar-refractivity contribution in [1.82, 2.24) is 4.98 Å². The van der Waals surface area contributed by atoms with Gasteiger partial charge in [0.15, 0.2) is 0 Å². The summed E-state index contributed by atoms with van der Waals surface area (Å²) in [5.74, 6) is 0.646. The number of alkyl halides is 1. The van der Waals surface area contributed by atoms with E-state index in [0.717, 1.165) is 6.42 Å². The van der Waals surface area contributed by atoms with E-state index in [1.807, 2.05) is 6.20 Å². The maximum atomic E-state index is 6.28. The van der Waals surface area contributed by atoms with Crippen molar-refractivity contribution in [3.05, 3.63) is 29.6 Å². The Labute approximate surface area is 102 Å². The van der Waals surface area contributed by atoms with E-state index in [1.54, 1.807) is 0 Å². The second-order valence-corrected chi connectivity index (χ2v) is 6.25. The van der Waals surface area contributed by atoms with Gasteiger partial charge in [0.2, 0.25) is 0 Å². The summed E-state index contributed by atoms with van der Waals surface area (Å²) < 4.78 is 0. The first-order valence-corrected chi connectivity index (χ1v) is 6.70. The van der Waals surface area contributed by atoms with Crippen molar-refractivity contribution in [2.75, 3.05) is 0 Å². The summed E-state index contributed by atoms with van der Waals surface area (Å²) >= 11 is 6.28. The van der Waals surface area contributed by atoms with Crippen molar-refractivity contribution in [2.45, 2.75) is 50.3 Å². The smallest absolute Gasteiger partial charge is 0.0471 e. The Kier molecular flexibility index (Phi) is 2.47. The monoisotopic (exact) mass is 235 g/mol. The van der Waals surface area contributed by atoms with Crippen molar-refractivity contribution in [2.24, 2.45) is 5.41 Å². The number of fused-ring (bicyclic) bond motifs is 1. The summed E-state index contributed by atoms with van der Waals surface area (Å²) in [4.78, 5) is 4.61. The van der Waals surface area contributed by atoms with E-state index in [-0.39, 0.29) is 0 Å². The molecule has 3 rings (SSSR count). The normalized spacial score (nSPS) is 37.6. The van der Waals surface area contributed by atoms with Crippen molar-refractivity contribution < 1.29 is 0 Å². The largest absolute Gasteiger partial charge is 0.261 e. The van der Waals surface area contributed by atoms with Crippen molar-refractivity contribution in [3.8, 4) is 0 Å². The van der Waals surface area contributed by atoms with Crippen LogP contribution in [0.1, 0.15) is 49.8 Å². The van der Waals surface area contributed by atoms with Gasteiger partial charge in [-0.1, -0.05) is 13.0 Å². The SMILES string of the molecule is CC1(C2CCc3cccnc32)CCC(Cl)C1. The van der Waals surface area contributed by atoms with Crippen LogP contribution in [0.15, 0.2) is 18.3 Å². The summed E-state index contributed by atoms with van der Waals surface area (Å²) in [7, 11) is 0. The molecule has 2 heteroatoms. The summed E-state index contributed by atoms with van der Waals surface area (Å²) in [5, 5.41) is 0.387. The van der Waals surface area contributed by atoms with Gasteiger partial charge in [0.05, 0.1) is 0 Å². The molecule has 0 radical (unpaired) electrons. The summed E-state index contributed by atoms with van der Waals surface area (Å²) in [6.45, 7) is 2.41. The van der Waals surface area contributed by atoms with Crippen LogP contribution in [0.25, 0.3) is 0 Å². The molecule has 2 aliphatic rings. The highest BCUT2D eigenvalue weighted by Gasteiger charge is 2.44. The molecule has 0 bridgehead atoms. The number of nitrogens with zero attached hydrogens (tertiary/aromatic N) is 1. The van der Waals surface area contributed by atoms with Crippen LogP contribution >= 0.6 is 11.6 Å². The first kappa shape index (κ1) is 10.6. The van der Waals surface area contributed by atoms with E-state index in [2.05, 4.69) is 24.0 Å². The Morgan fingerprint density at radius 1 is 1.44 bits per heavy atom. The number of aromatic nitrogens is 1. The third-order valence-corrected chi connectivity index (χ3v) is 4.89. The van der Waals surface area contributed by atoms with Gasteiger partial charge in [0, 0.05) is 23.2 Å². The lowest BCUT2D eigenvalue weighted by molar-refractivity contribution is 0.256. The highest BCUT2D eigenvalue weighted by Crippen LogP contribution is 2.53. The average Bonchev–Trinajstić information content (AvgIpc) is 2.83. The molecule has 1 nitrogen and oxygen atoms in total. The van der Waals surface area contributed by atoms with Gasteiger partial charge in [-0.15, -0.1) is 11.6 Å². The maximum Gasteiger partial charge on any atom is 0.0471 e. The standard InChI is InChI=1S/C14H18ClN/c1-14(7-6-11(15)9-14)12-5-4-10-3-2-8-16-13(10)12/h2-3,8,11-12H,4-7,9H2,1H3. The Bertz CT molecular complexity index is 403. The first-order valence-electron chi connectivity index (χ1n) is 6.27. The molecule has 0 saturated heterocycles. The molecule has 3 unspecified atom stereocenters. The zero-order valence-electron chi connectivity index (χ0n) is 9.75. The van der Waals surface area contributed by atoms with Crippen LogP contribution in [0.3, 0.4) is 0 Å². The second kappa shape index (κ2) is 3.73. The van der Waals surface area contributed by atoms with E-state index in [9.17, 15) is 0 Å². The van der Waals surface area contributed by atoms with Crippen LogP contribution in [0.5, 0.6) is 0 Å². The van der Waals surface area contributed by atoms with Crippen LogP contribution in [-0.2, 0) is 6.42 Å². The van der Waals surface area contributed by atoms with Crippen molar-refractivity contribution in [3.63, 3.8) is 0 Å². The van der Waals surface area contributed by atoms with Crippen molar-refractivity contribution in [1.29, 1.82) is 0 Å². The van der Waals surface area contributed by atoms with Crippen LogP contribution in [-0.4, -0.2) is 10.4 Å². The van der Waals surface area contributed by atoms with Gasteiger partial charge in [-0.05, 0) is 49.1 Å². The number of aryl methyl sites for hydroxylation is 1. The quantitative estimate of drug-likeness (QED) is 0.673. The summed E-state index contributed by atoms with van der Waals surface area (Å²) in [6.07, 6.45) is 8.02. The summed E-state index contributed by atoms with van der Waals surface area (Å²) in [6, 6.07) is 4.29. The second-order valence-electron chi connectivity index (χ2n) is 5.63. The van der Waals surface area contributed by atoms with Gasteiger partial charge in [-0.3, -0.25) is 4.98 Å². The third-order valence-electron chi connectivity index (χ3n) is 4.52. The Balaban J connectivity index is 1.93. The fourth-order valence-electron chi connectivity index (χ4n) is 3.60. The molecule has 0 spiro atoms. The molecule has 0 amide bonds.